The second-order valence-electron chi connectivity index (χ2n) is 7.34. The van der Waals surface area contributed by atoms with Gasteiger partial charge in [-0.05, 0) is 50.6 Å². The second-order valence-corrected chi connectivity index (χ2v) is 7.34. The first-order valence-electron chi connectivity index (χ1n) is 10.1. The van der Waals surface area contributed by atoms with Crippen LogP contribution in [0.2, 0.25) is 0 Å². The van der Waals surface area contributed by atoms with Crippen LogP contribution < -0.4 is 0 Å². The van der Waals surface area contributed by atoms with Gasteiger partial charge in [0.1, 0.15) is 0 Å². The van der Waals surface area contributed by atoms with E-state index in [0.717, 1.165) is 5.56 Å². The summed E-state index contributed by atoms with van der Waals surface area (Å²) in [7, 11) is 0. The van der Waals surface area contributed by atoms with E-state index in [2.05, 4.69) is 108 Å². The van der Waals surface area contributed by atoms with Crippen LogP contribution in [-0.4, -0.2) is 4.98 Å². The van der Waals surface area contributed by atoms with E-state index in [1.807, 2.05) is 18.3 Å². The molecule has 0 unspecified atom stereocenters. The predicted octanol–water partition coefficient (Wildman–Crippen LogP) is 7.75. The Labute approximate surface area is 177 Å². The number of nitrogens with zero attached hydrogens (tertiary/aromatic N) is 1. The number of benzene rings is 4. The molecule has 0 spiro atoms. The maximum atomic E-state index is 4.20. The van der Waals surface area contributed by atoms with Crippen molar-refractivity contribution < 1.29 is 0 Å². The average Bonchev–Trinajstić information content (AvgIpc) is 2.85. The Morgan fingerprint density at radius 2 is 0.633 bits per heavy atom. The Hall–Kier alpha value is -3.97. The van der Waals surface area contributed by atoms with Crippen molar-refractivity contribution in [1.29, 1.82) is 0 Å². The molecule has 0 amide bonds. The van der Waals surface area contributed by atoms with Gasteiger partial charge in [-0.2, -0.15) is 0 Å². The van der Waals surface area contributed by atoms with Gasteiger partial charge in [0.15, 0.2) is 0 Å². The zero-order valence-corrected chi connectivity index (χ0v) is 16.6. The van der Waals surface area contributed by atoms with Crippen LogP contribution in [0.15, 0.2) is 128 Å². The fraction of sp³-hybridized carbons (Fsp3) is 0. The lowest BCUT2D eigenvalue weighted by Gasteiger charge is -2.08. The zero-order valence-electron chi connectivity index (χ0n) is 16.6. The average molecular weight is 383 g/mol. The van der Waals surface area contributed by atoms with Crippen molar-refractivity contribution in [3.05, 3.63) is 128 Å². The molecule has 0 saturated heterocycles. The van der Waals surface area contributed by atoms with E-state index in [1.54, 1.807) is 6.20 Å². The molecule has 0 aliphatic rings. The number of hydrogen-bond donors (Lipinski definition) is 0. The smallest absolute Gasteiger partial charge is 0.0346 e. The SMILES string of the molecule is c1ccc(-c2ccc(-c3ccc(-c4ccc(-c5cccnc5)cc4)cc3)cc2)cc1. The molecule has 0 bridgehead atoms. The third-order valence-corrected chi connectivity index (χ3v) is 5.42. The Morgan fingerprint density at radius 1 is 0.300 bits per heavy atom. The van der Waals surface area contributed by atoms with E-state index < -0.39 is 0 Å². The lowest BCUT2D eigenvalue weighted by Crippen LogP contribution is -1.83. The maximum Gasteiger partial charge on any atom is 0.0346 e. The summed E-state index contributed by atoms with van der Waals surface area (Å²) >= 11 is 0. The van der Waals surface area contributed by atoms with Crippen LogP contribution in [0, 0.1) is 0 Å². The Balaban J connectivity index is 1.35. The molecule has 0 saturated carbocycles. The zero-order chi connectivity index (χ0) is 20.2. The molecule has 5 rings (SSSR count). The molecule has 142 valence electrons. The maximum absolute atomic E-state index is 4.20. The van der Waals surface area contributed by atoms with Crippen LogP contribution in [0.3, 0.4) is 0 Å². The number of hydrogen-bond acceptors (Lipinski definition) is 1. The van der Waals surface area contributed by atoms with E-state index >= 15 is 0 Å². The molecule has 0 radical (unpaired) electrons. The van der Waals surface area contributed by atoms with E-state index in [9.17, 15) is 0 Å². The van der Waals surface area contributed by atoms with Gasteiger partial charge in [-0.1, -0.05) is 109 Å². The van der Waals surface area contributed by atoms with Crippen LogP contribution in [0.1, 0.15) is 0 Å². The van der Waals surface area contributed by atoms with Crippen molar-refractivity contribution in [2.45, 2.75) is 0 Å². The molecule has 0 fully saturated rings. The molecule has 1 nitrogen and oxygen atoms in total. The Bertz CT molecular complexity index is 1120. The summed E-state index contributed by atoms with van der Waals surface area (Å²) in [4.78, 5) is 4.20. The van der Waals surface area contributed by atoms with E-state index in [1.165, 1.54) is 38.9 Å². The standard InChI is InChI=1S/C29H21N/c1-2-5-22(6-3-1)23-8-10-24(11-9-23)25-12-14-26(15-13-25)27-16-18-28(19-17-27)29-7-4-20-30-21-29/h1-21H. The molecule has 0 N–H and O–H groups in total. The normalized spacial score (nSPS) is 10.7. The van der Waals surface area contributed by atoms with Gasteiger partial charge in [0, 0.05) is 12.4 Å². The third-order valence-electron chi connectivity index (χ3n) is 5.42. The fourth-order valence-corrected chi connectivity index (χ4v) is 3.73. The highest BCUT2D eigenvalue weighted by molar-refractivity contribution is 5.74. The molecule has 0 aliphatic carbocycles. The van der Waals surface area contributed by atoms with Crippen LogP contribution in [0.5, 0.6) is 0 Å². The summed E-state index contributed by atoms with van der Waals surface area (Å²) in [6.07, 6.45) is 3.70. The molecule has 0 aliphatic heterocycles. The van der Waals surface area contributed by atoms with Crippen LogP contribution in [0.25, 0.3) is 44.5 Å². The van der Waals surface area contributed by atoms with Crippen molar-refractivity contribution in [3.63, 3.8) is 0 Å². The minimum atomic E-state index is 1.14. The largest absolute Gasteiger partial charge is 0.264 e. The quantitative estimate of drug-likeness (QED) is 0.309. The first-order valence-corrected chi connectivity index (χ1v) is 10.1. The van der Waals surface area contributed by atoms with Crippen LogP contribution in [0.4, 0.5) is 0 Å². The van der Waals surface area contributed by atoms with Crippen molar-refractivity contribution >= 4 is 0 Å². The molecule has 0 atom stereocenters. The van der Waals surface area contributed by atoms with E-state index in [0.29, 0.717) is 0 Å². The topological polar surface area (TPSA) is 12.9 Å². The summed E-state index contributed by atoms with van der Waals surface area (Å²) in [6, 6.07) is 40.7. The van der Waals surface area contributed by atoms with E-state index in [4.69, 9.17) is 0 Å². The fourth-order valence-electron chi connectivity index (χ4n) is 3.73. The Morgan fingerprint density at radius 3 is 1.00 bits per heavy atom. The van der Waals surface area contributed by atoms with Crippen LogP contribution >= 0.6 is 0 Å². The van der Waals surface area contributed by atoms with Gasteiger partial charge in [-0.3, -0.25) is 4.98 Å². The van der Waals surface area contributed by atoms with Crippen molar-refractivity contribution in [2.24, 2.45) is 0 Å². The van der Waals surface area contributed by atoms with E-state index in [-0.39, 0.29) is 0 Å². The molecule has 1 heteroatoms. The highest BCUT2D eigenvalue weighted by Gasteiger charge is 2.03. The second kappa shape index (κ2) is 8.18. The van der Waals surface area contributed by atoms with Gasteiger partial charge in [0.05, 0.1) is 0 Å². The summed E-state index contributed by atoms with van der Waals surface area (Å²) in [5, 5.41) is 0. The third kappa shape index (κ3) is 3.78. The van der Waals surface area contributed by atoms with Crippen molar-refractivity contribution in [2.75, 3.05) is 0 Å². The molecule has 30 heavy (non-hydrogen) atoms. The summed E-state index contributed by atoms with van der Waals surface area (Å²) in [5.41, 5.74) is 9.70. The molecular weight excluding hydrogens is 362 g/mol. The van der Waals surface area contributed by atoms with Crippen molar-refractivity contribution in [1.82, 2.24) is 4.98 Å². The van der Waals surface area contributed by atoms with Gasteiger partial charge in [0.2, 0.25) is 0 Å². The summed E-state index contributed by atoms with van der Waals surface area (Å²) in [6.45, 7) is 0. The van der Waals surface area contributed by atoms with Gasteiger partial charge >= 0.3 is 0 Å². The molecule has 4 aromatic carbocycles. The number of aromatic nitrogens is 1. The highest BCUT2D eigenvalue weighted by atomic mass is 14.6. The van der Waals surface area contributed by atoms with Gasteiger partial charge in [-0.25, -0.2) is 0 Å². The molecule has 5 aromatic rings. The van der Waals surface area contributed by atoms with Crippen molar-refractivity contribution in [3.8, 4) is 44.5 Å². The molecular formula is C29H21N. The minimum absolute atomic E-state index is 1.14. The van der Waals surface area contributed by atoms with Gasteiger partial charge in [0.25, 0.3) is 0 Å². The monoisotopic (exact) mass is 383 g/mol. The first-order chi connectivity index (χ1) is 14.9. The number of rotatable bonds is 4. The highest BCUT2D eigenvalue weighted by Crippen LogP contribution is 2.28. The lowest BCUT2D eigenvalue weighted by molar-refractivity contribution is 1.33. The first kappa shape index (κ1) is 18.1. The lowest BCUT2D eigenvalue weighted by atomic mass is 9.97. The minimum Gasteiger partial charge on any atom is -0.264 e. The molecule has 1 heterocycles. The number of pyridine rings is 1. The van der Waals surface area contributed by atoms with Crippen LogP contribution in [-0.2, 0) is 0 Å². The summed E-state index contributed by atoms with van der Waals surface area (Å²) < 4.78 is 0. The Kier molecular flexibility index (Phi) is 4.93. The predicted molar refractivity (Wildman–Crippen MR) is 126 cm³/mol. The summed E-state index contributed by atoms with van der Waals surface area (Å²) in [5.74, 6) is 0. The molecule has 1 aromatic heterocycles. The van der Waals surface area contributed by atoms with Gasteiger partial charge in [-0.15, -0.1) is 0 Å². The van der Waals surface area contributed by atoms with Gasteiger partial charge < -0.3 is 0 Å².